The van der Waals surface area contributed by atoms with Gasteiger partial charge in [-0.15, -0.1) is 0 Å². The van der Waals surface area contributed by atoms with Crippen LogP contribution in [0.25, 0.3) is 0 Å². The molecule has 1 aromatic carbocycles. The zero-order valence-electron chi connectivity index (χ0n) is 14.5. The first-order chi connectivity index (χ1) is 11.6. The van der Waals surface area contributed by atoms with Crippen LogP contribution in [-0.2, 0) is 21.4 Å². The number of benzene rings is 1. The predicted molar refractivity (Wildman–Crippen MR) is 95.4 cm³/mol. The number of aryl methyl sites for hydroxylation is 1. The van der Waals surface area contributed by atoms with Gasteiger partial charge in [0, 0.05) is 11.7 Å². The lowest BCUT2D eigenvalue weighted by molar-refractivity contribution is -0.117. The Morgan fingerprint density at radius 2 is 1.84 bits per heavy atom. The maximum absolute atomic E-state index is 12.3. The van der Waals surface area contributed by atoms with E-state index in [-0.39, 0.29) is 23.4 Å². The van der Waals surface area contributed by atoms with Crippen molar-refractivity contribution in [3.8, 4) is 0 Å². The summed E-state index contributed by atoms with van der Waals surface area (Å²) in [5.74, 6) is 1.44. The first-order valence-electron chi connectivity index (χ1n) is 7.87. The summed E-state index contributed by atoms with van der Waals surface area (Å²) in [5.41, 5.74) is 0.509. The van der Waals surface area contributed by atoms with E-state index >= 15 is 0 Å². The lowest BCUT2D eigenvalue weighted by Gasteiger charge is -2.24. The molecule has 2 aromatic rings. The number of primary sulfonamides is 1. The van der Waals surface area contributed by atoms with Gasteiger partial charge in [-0.2, -0.15) is 0 Å². The van der Waals surface area contributed by atoms with E-state index in [1.165, 1.54) is 24.3 Å². The highest BCUT2D eigenvalue weighted by Crippen LogP contribution is 2.14. The summed E-state index contributed by atoms with van der Waals surface area (Å²) in [7, 11) is -3.74. The molecule has 0 saturated heterocycles. The summed E-state index contributed by atoms with van der Waals surface area (Å²) in [6.07, 6.45) is 0. The molecule has 0 aliphatic heterocycles. The lowest BCUT2D eigenvalue weighted by Crippen LogP contribution is -2.37. The minimum atomic E-state index is -3.74. The van der Waals surface area contributed by atoms with E-state index in [1.54, 1.807) is 0 Å². The fourth-order valence-corrected chi connectivity index (χ4v) is 2.82. The van der Waals surface area contributed by atoms with Crippen molar-refractivity contribution in [3.63, 3.8) is 0 Å². The fourth-order valence-electron chi connectivity index (χ4n) is 2.30. The molecule has 0 radical (unpaired) electrons. The van der Waals surface area contributed by atoms with Gasteiger partial charge in [0.05, 0.1) is 18.0 Å². The summed E-state index contributed by atoms with van der Waals surface area (Å²) >= 11 is 0. The van der Waals surface area contributed by atoms with E-state index in [2.05, 4.69) is 5.32 Å². The third-order valence-electron chi connectivity index (χ3n) is 3.70. The van der Waals surface area contributed by atoms with Gasteiger partial charge in [0.2, 0.25) is 15.9 Å². The number of rotatable bonds is 7. The predicted octanol–water partition coefficient (Wildman–Crippen LogP) is 2.08. The summed E-state index contributed by atoms with van der Waals surface area (Å²) in [6, 6.07) is 9.67. The standard InChI is InChI=1S/C17H23N3O4S/c1-12(2)20(10-15-7-4-13(3)24-15)11-17(21)19-14-5-8-16(9-6-14)25(18,22)23/h4-9,12H,10-11H2,1-3H3,(H,19,21)(H2,18,22,23). The Labute approximate surface area is 147 Å². The Bertz CT molecular complexity index is 826. The van der Waals surface area contributed by atoms with Crippen molar-refractivity contribution < 1.29 is 17.6 Å². The molecule has 0 spiro atoms. The van der Waals surface area contributed by atoms with Crippen molar-refractivity contribution in [1.82, 2.24) is 4.90 Å². The first kappa shape index (κ1) is 19.2. The van der Waals surface area contributed by atoms with Gasteiger partial charge >= 0.3 is 0 Å². The highest BCUT2D eigenvalue weighted by molar-refractivity contribution is 7.89. The van der Waals surface area contributed by atoms with Gasteiger partial charge < -0.3 is 9.73 Å². The van der Waals surface area contributed by atoms with Crippen molar-refractivity contribution >= 4 is 21.6 Å². The van der Waals surface area contributed by atoms with E-state index in [0.29, 0.717) is 12.2 Å². The number of carbonyl (C=O) groups excluding carboxylic acids is 1. The molecule has 0 fully saturated rings. The molecule has 7 nitrogen and oxygen atoms in total. The van der Waals surface area contributed by atoms with Crippen molar-refractivity contribution in [2.24, 2.45) is 5.14 Å². The fraction of sp³-hybridized carbons (Fsp3) is 0.353. The maximum atomic E-state index is 12.3. The lowest BCUT2D eigenvalue weighted by atomic mass is 10.2. The molecule has 136 valence electrons. The maximum Gasteiger partial charge on any atom is 0.238 e. The number of carbonyl (C=O) groups is 1. The van der Waals surface area contributed by atoms with Crippen molar-refractivity contribution in [2.75, 3.05) is 11.9 Å². The zero-order chi connectivity index (χ0) is 18.6. The highest BCUT2D eigenvalue weighted by atomic mass is 32.2. The quantitative estimate of drug-likeness (QED) is 0.781. The van der Waals surface area contributed by atoms with Gasteiger partial charge in [-0.3, -0.25) is 9.69 Å². The topological polar surface area (TPSA) is 106 Å². The molecule has 0 saturated carbocycles. The van der Waals surface area contributed by atoms with E-state index < -0.39 is 10.0 Å². The number of nitrogens with one attached hydrogen (secondary N) is 1. The van der Waals surface area contributed by atoms with Crippen LogP contribution in [0.5, 0.6) is 0 Å². The molecule has 8 heteroatoms. The number of sulfonamides is 1. The summed E-state index contributed by atoms with van der Waals surface area (Å²) in [5, 5.41) is 7.80. The van der Waals surface area contributed by atoms with E-state index in [9.17, 15) is 13.2 Å². The average molecular weight is 365 g/mol. The minimum Gasteiger partial charge on any atom is -0.465 e. The van der Waals surface area contributed by atoms with Gasteiger partial charge in [-0.25, -0.2) is 13.6 Å². The van der Waals surface area contributed by atoms with E-state index in [1.807, 2.05) is 37.8 Å². The Morgan fingerprint density at radius 1 is 1.20 bits per heavy atom. The molecule has 25 heavy (non-hydrogen) atoms. The minimum absolute atomic E-state index is 0.00231. The molecule has 0 atom stereocenters. The van der Waals surface area contributed by atoms with E-state index in [0.717, 1.165) is 11.5 Å². The molecule has 1 aromatic heterocycles. The second-order valence-corrected chi connectivity index (χ2v) is 7.69. The molecule has 0 aliphatic rings. The molecular weight excluding hydrogens is 342 g/mol. The number of amides is 1. The third kappa shape index (κ3) is 5.70. The second-order valence-electron chi connectivity index (χ2n) is 6.13. The van der Waals surface area contributed by atoms with Crippen LogP contribution >= 0.6 is 0 Å². The van der Waals surface area contributed by atoms with Crippen molar-refractivity contribution in [3.05, 3.63) is 47.9 Å². The Kier molecular flexibility index (Phi) is 5.99. The molecule has 0 bridgehead atoms. The highest BCUT2D eigenvalue weighted by Gasteiger charge is 2.16. The number of furan rings is 1. The van der Waals surface area contributed by atoms with Gasteiger partial charge in [-0.05, 0) is 57.2 Å². The summed E-state index contributed by atoms with van der Waals surface area (Å²) in [6.45, 7) is 6.60. The van der Waals surface area contributed by atoms with Crippen LogP contribution in [0.3, 0.4) is 0 Å². The SMILES string of the molecule is Cc1ccc(CN(CC(=O)Nc2ccc(S(N)(=O)=O)cc2)C(C)C)o1. The molecular formula is C17H23N3O4S. The van der Waals surface area contributed by atoms with Crippen LogP contribution in [0.2, 0.25) is 0 Å². The monoisotopic (exact) mass is 365 g/mol. The van der Waals surface area contributed by atoms with Gasteiger partial charge in [0.15, 0.2) is 0 Å². The van der Waals surface area contributed by atoms with Gasteiger partial charge in [0.25, 0.3) is 0 Å². The normalized spacial score (nSPS) is 11.9. The molecule has 0 aliphatic carbocycles. The third-order valence-corrected chi connectivity index (χ3v) is 4.63. The molecule has 1 heterocycles. The van der Waals surface area contributed by atoms with Crippen molar-refractivity contribution in [2.45, 2.75) is 38.3 Å². The Morgan fingerprint density at radius 3 is 2.32 bits per heavy atom. The smallest absolute Gasteiger partial charge is 0.238 e. The van der Waals surface area contributed by atoms with Gasteiger partial charge in [-0.1, -0.05) is 0 Å². The molecule has 3 N–H and O–H groups in total. The second kappa shape index (κ2) is 7.81. The van der Waals surface area contributed by atoms with Crippen LogP contribution < -0.4 is 10.5 Å². The Hall–Kier alpha value is -2.16. The van der Waals surface area contributed by atoms with E-state index in [4.69, 9.17) is 9.56 Å². The first-order valence-corrected chi connectivity index (χ1v) is 9.42. The number of anilines is 1. The van der Waals surface area contributed by atoms with Crippen LogP contribution in [0.4, 0.5) is 5.69 Å². The Balaban J connectivity index is 1.99. The molecule has 1 amide bonds. The largest absolute Gasteiger partial charge is 0.465 e. The average Bonchev–Trinajstić information content (AvgIpc) is 2.91. The molecule has 2 rings (SSSR count). The number of nitrogens with two attached hydrogens (primary N) is 1. The number of hydrogen-bond acceptors (Lipinski definition) is 5. The summed E-state index contributed by atoms with van der Waals surface area (Å²) in [4.78, 5) is 14.3. The van der Waals surface area contributed by atoms with Crippen LogP contribution in [0, 0.1) is 6.92 Å². The molecule has 0 unspecified atom stereocenters. The summed E-state index contributed by atoms with van der Waals surface area (Å²) < 4.78 is 28.0. The number of hydrogen-bond donors (Lipinski definition) is 2. The van der Waals surface area contributed by atoms with Gasteiger partial charge in [0.1, 0.15) is 11.5 Å². The van der Waals surface area contributed by atoms with Crippen LogP contribution in [0.1, 0.15) is 25.4 Å². The van der Waals surface area contributed by atoms with Crippen LogP contribution in [0.15, 0.2) is 45.7 Å². The van der Waals surface area contributed by atoms with Crippen molar-refractivity contribution in [1.29, 1.82) is 0 Å². The number of nitrogens with zero attached hydrogens (tertiary/aromatic N) is 1. The van der Waals surface area contributed by atoms with Crippen LogP contribution in [-0.4, -0.2) is 31.8 Å². The zero-order valence-corrected chi connectivity index (χ0v) is 15.3.